The summed E-state index contributed by atoms with van der Waals surface area (Å²) in [4.78, 5) is 13.3. The van der Waals surface area contributed by atoms with Gasteiger partial charge >= 0.3 is 0 Å². The van der Waals surface area contributed by atoms with E-state index in [-0.39, 0.29) is 17.0 Å². The van der Waals surface area contributed by atoms with E-state index in [1.165, 1.54) is 5.56 Å². The fraction of sp³-hybridized carbons (Fsp3) is 0.265. The maximum absolute atomic E-state index is 10.2. The maximum atomic E-state index is 10.2. The molecule has 0 bridgehead atoms. The highest BCUT2D eigenvalue weighted by Gasteiger charge is 2.50. The molecule has 3 aromatic heterocycles. The third-order valence-corrected chi connectivity index (χ3v) is 9.21. The first-order valence-corrected chi connectivity index (χ1v) is 15.7. The van der Waals surface area contributed by atoms with Gasteiger partial charge < -0.3 is 16.1 Å². The van der Waals surface area contributed by atoms with Crippen LogP contribution < -0.4 is 21.6 Å². The molecule has 1 aliphatic carbocycles. The van der Waals surface area contributed by atoms with Crippen LogP contribution in [0.3, 0.4) is 0 Å². The summed E-state index contributed by atoms with van der Waals surface area (Å²) in [5, 5.41) is 30.2. The van der Waals surface area contributed by atoms with E-state index in [9.17, 15) is 10.5 Å². The van der Waals surface area contributed by atoms with Crippen molar-refractivity contribution >= 4 is 43.8 Å². The summed E-state index contributed by atoms with van der Waals surface area (Å²) in [5.41, 5.74) is 15.5. The third-order valence-electron chi connectivity index (χ3n) is 8.32. The second-order valence-corrected chi connectivity index (χ2v) is 13.5. The number of thiazole rings is 1. The largest absolute Gasteiger partial charge is 0.383 e. The number of nitriles is 2. The van der Waals surface area contributed by atoms with Crippen molar-refractivity contribution in [3.63, 3.8) is 0 Å². The quantitative estimate of drug-likeness (QED) is 0.155. The summed E-state index contributed by atoms with van der Waals surface area (Å²) < 4.78 is 1.08. The topological polar surface area (TPSA) is 138 Å². The lowest BCUT2D eigenvalue weighted by Crippen LogP contribution is -2.43. The van der Waals surface area contributed by atoms with Gasteiger partial charge in [0.05, 0.1) is 55.3 Å². The van der Waals surface area contributed by atoms with Crippen LogP contribution in [0.25, 0.3) is 21.1 Å². The van der Waals surface area contributed by atoms with Crippen LogP contribution in [0.4, 0.5) is 11.4 Å². The minimum Gasteiger partial charge on any atom is -0.383 e. The Hall–Kier alpha value is -5.23. The highest BCUT2D eigenvalue weighted by Crippen LogP contribution is 2.51. The van der Waals surface area contributed by atoms with E-state index in [0.717, 1.165) is 45.4 Å². The van der Waals surface area contributed by atoms with Crippen molar-refractivity contribution in [2.24, 2.45) is 5.41 Å². The van der Waals surface area contributed by atoms with Gasteiger partial charge in [0.2, 0.25) is 0 Å². The van der Waals surface area contributed by atoms with E-state index < -0.39 is 0 Å². The van der Waals surface area contributed by atoms with Crippen LogP contribution in [-0.4, -0.2) is 26.5 Å². The van der Waals surface area contributed by atoms with Crippen LogP contribution in [0.5, 0.6) is 0 Å². The molecule has 224 valence electrons. The highest BCUT2D eigenvalue weighted by atomic mass is 32.1. The summed E-state index contributed by atoms with van der Waals surface area (Å²) in [7, 11) is 0. The minimum atomic E-state index is -0.318. The van der Waals surface area contributed by atoms with Crippen LogP contribution >= 0.6 is 11.3 Å². The Labute approximate surface area is 265 Å². The number of fused-ring (bicyclic) bond motifs is 2. The molecule has 1 saturated carbocycles. The molecule has 1 fully saturated rings. The molecule has 2 aromatic carbocycles. The smallest absolute Gasteiger partial charge is 0.103 e. The Balaban J connectivity index is 1.33. The van der Waals surface area contributed by atoms with Crippen LogP contribution in [0.1, 0.15) is 61.9 Å². The first-order valence-electron chi connectivity index (χ1n) is 14.8. The van der Waals surface area contributed by atoms with Crippen molar-refractivity contribution < 1.29 is 0 Å². The molecule has 5 aromatic rings. The van der Waals surface area contributed by atoms with E-state index in [0.29, 0.717) is 28.9 Å². The summed E-state index contributed by atoms with van der Waals surface area (Å²) in [6.45, 7) is 7.05. The van der Waals surface area contributed by atoms with Gasteiger partial charge in [0.15, 0.2) is 0 Å². The second kappa shape index (κ2) is 11.0. The van der Waals surface area contributed by atoms with Crippen molar-refractivity contribution in [3.8, 4) is 12.1 Å². The Kier molecular flexibility index (Phi) is 7.00. The van der Waals surface area contributed by atoms with Crippen molar-refractivity contribution in [1.29, 1.82) is 10.5 Å². The maximum Gasteiger partial charge on any atom is 0.103 e. The van der Waals surface area contributed by atoms with Crippen molar-refractivity contribution in [2.45, 2.75) is 45.2 Å². The standard InChI is InChI=1S/C34H32N10S/c1-33(2,3)19-39-30-22(16-36)17-38-29-21(15-35)13-24(14-26(29)30)41-31(25-5-4-6-27-32(25)45-20-40-27)28-18-44(43-42-28)34(9-10-34)23-7-11-37-12-8-23/h4-8,11-14,17-18,20,31,41-43H,9-10,19H2,1-3H3,(H,38,39)/t31-/m0/s1. The van der Waals surface area contributed by atoms with Gasteiger partial charge in [0.25, 0.3) is 0 Å². The number of benzene rings is 2. The molecule has 0 spiro atoms. The molecule has 4 heterocycles. The predicted molar refractivity (Wildman–Crippen MR) is 176 cm³/mol. The number of hydrogen-bond acceptors (Lipinski definition) is 11. The molecule has 11 heteroatoms. The molecule has 2 aliphatic rings. The number of hydrazine groups is 2. The molecule has 0 radical (unpaired) electrons. The molecular formula is C34H32N10S. The zero-order valence-corrected chi connectivity index (χ0v) is 26.0. The Bertz CT molecular complexity index is 2030. The average molecular weight is 613 g/mol. The number of aromatic nitrogens is 3. The fourth-order valence-electron chi connectivity index (χ4n) is 5.88. The average Bonchev–Trinajstić information content (AvgIpc) is 3.45. The van der Waals surface area contributed by atoms with Gasteiger partial charge in [-0.3, -0.25) is 15.0 Å². The van der Waals surface area contributed by atoms with Gasteiger partial charge in [0, 0.05) is 42.4 Å². The molecule has 4 N–H and O–H groups in total. The summed E-state index contributed by atoms with van der Waals surface area (Å²) >= 11 is 1.60. The van der Waals surface area contributed by atoms with Crippen LogP contribution in [-0.2, 0) is 5.54 Å². The Morgan fingerprint density at radius 1 is 1.07 bits per heavy atom. The van der Waals surface area contributed by atoms with Gasteiger partial charge in [-0.1, -0.05) is 32.9 Å². The number of hydrogen-bond donors (Lipinski definition) is 4. The van der Waals surface area contributed by atoms with E-state index in [1.807, 2.05) is 42.2 Å². The lowest BCUT2D eigenvalue weighted by atomic mass is 9.96. The SMILES string of the molecule is CC(C)(C)CNc1c(C#N)cnc2c(C#N)cc(N[C@H](C3=CN(C4(c5ccncc5)CC4)NN3)c3cccc4ncsc34)cc12. The summed E-state index contributed by atoms with van der Waals surface area (Å²) in [5.74, 6) is 0. The normalized spacial score (nSPS) is 16.0. The van der Waals surface area contributed by atoms with Gasteiger partial charge in [-0.25, -0.2) is 4.98 Å². The van der Waals surface area contributed by atoms with E-state index in [4.69, 9.17) is 0 Å². The third kappa shape index (κ3) is 5.27. The van der Waals surface area contributed by atoms with Crippen molar-refractivity contribution in [3.05, 3.63) is 101 Å². The lowest BCUT2D eigenvalue weighted by molar-refractivity contribution is 0.176. The molecule has 7 rings (SSSR count). The molecule has 1 atom stereocenters. The molecular weight excluding hydrogens is 581 g/mol. The first kappa shape index (κ1) is 28.5. The molecule has 1 aliphatic heterocycles. The molecule has 0 unspecified atom stereocenters. The molecule has 10 nitrogen and oxygen atoms in total. The second-order valence-electron chi connectivity index (χ2n) is 12.7. The molecule has 0 saturated heterocycles. The van der Waals surface area contributed by atoms with E-state index in [2.05, 4.69) is 98.9 Å². The summed E-state index contributed by atoms with van der Waals surface area (Å²) in [6, 6.07) is 18.4. The number of anilines is 2. The van der Waals surface area contributed by atoms with E-state index in [1.54, 1.807) is 17.5 Å². The van der Waals surface area contributed by atoms with E-state index >= 15 is 0 Å². The van der Waals surface area contributed by atoms with Crippen LogP contribution in [0.2, 0.25) is 0 Å². The summed E-state index contributed by atoms with van der Waals surface area (Å²) in [6.07, 6.45) is 9.38. The monoisotopic (exact) mass is 612 g/mol. The van der Waals surface area contributed by atoms with Gasteiger partial charge in [-0.2, -0.15) is 10.5 Å². The predicted octanol–water partition coefficient (Wildman–Crippen LogP) is 6.45. The van der Waals surface area contributed by atoms with Gasteiger partial charge in [-0.05, 0) is 59.7 Å². The van der Waals surface area contributed by atoms with Gasteiger partial charge in [0.1, 0.15) is 12.1 Å². The number of nitrogens with one attached hydrogen (secondary N) is 4. The minimum absolute atomic E-state index is 0.0244. The highest BCUT2D eigenvalue weighted by molar-refractivity contribution is 7.17. The van der Waals surface area contributed by atoms with Crippen molar-refractivity contribution in [2.75, 3.05) is 17.2 Å². The zero-order chi connectivity index (χ0) is 31.2. The lowest BCUT2D eigenvalue weighted by Gasteiger charge is -2.27. The Morgan fingerprint density at radius 2 is 1.87 bits per heavy atom. The number of nitrogens with zero attached hydrogens (tertiary/aromatic N) is 6. The van der Waals surface area contributed by atoms with Crippen LogP contribution in [0, 0.1) is 28.1 Å². The fourth-order valence-corrected chi connectivity index (χ4v) is 6.72. The van der Waals surface area contributed by atoms with Crippen molar-refractivity contribution in [1.82, 2.24) is 30.9 Å². The first-order chi connectivity index (χ1) is 21.8. The molecule has 0 amide bonds. The number of pyridine rings is 2. The van der Waals surface area contributed by atoms with Gasteiger partial charge in [-0.15, -0.1) is 16.9 Å². The van der Waals surface area contributed by atoms with Crippen LogP contribution in [0.15, 0.2) is 78.5 Å². The number of rotatable bonds is 8. The zero-order valence-electron chi connectivity index (χ0n) is 25.2. The molecule has 45 heavy (non-hydrogen) atoms. The Morgan fingerprint density at radius 3 is 2.60 bits per heavy atom.